The molecule has 4 rings (SSSR count). The van der Waals surface area contributed by atoms with Crippen LogP contribution in [0.2, 0.25) is 0 Å². The first-order valence-electron chi connectivity index (χ1n) is 13.7. The fourth-order valence-corrected chi connectivity index (χ4v) is 4.85. The van der Waals surface area contributed by atoms with Crippen molar-refractivity contribution in [2.45, 2.75) is 58.9 Å². The molecule has 1 aliphatic heterocycles. The molecular weight excluding hydrogens is 541 g/mol. The number of hydrogen-bond donors (Lipinski definition) is 2. The monoisotopic (exact) mass is 579 g/mol. The van der Waals surface area contributed by atoms with Crippen molar-refractivity contribution in [3.05, 3.63) is 65.5 Å². The minimum atomic E-state index is -0.801. The maximum Gasteiger partial charge on any atom is 0.323 e. The summed E-state index contributed by atoms with van der Waals surface area (Å²) in [6, 6.07) is 12.9. The van der Waals surface area contributed by atoms with Gasteiger partial charge in [0.2, 0.25) is 0 Å². The quantitative estimate of drug-likeness (QED) is 0.315. The lowest BCUT2D eigenvalue weighted by Crippen LogP contribution is -2.52. The highest BCUT2D eigenvalue weighted by molar-refractivity contribution is 6.08. The van der Waals surface area contributed by atoms with Crippen LogP contribution in [0.25, 0.3) is 11.1 Å². The summed E-state index contributed by atoms with van der Waals surface area (Å²) in [4.78, 5) is 26.7. The van der Waals surface area contributed by atoms with E-state index in [-0.39, 0.29) is 19.1 Å². The van der Waals surface area contributed by atoms with Crippen molar-refractivity contribution >= 4 is 23.3 Å². The lowest BCUT2D eigenvalue weighted by atomic mass is 9.91. The number of likely N-dealkylation sites (N-methyl/N-ethyl adjacent to an activating group) is 1. The molecule has 3 aromatic rings. The summed E-state index contributed by atoms with van der Waals surface area (Å²) in [5, 5.41) is 3.34. The van der Waals surface area contributed by atoms with Gasteiger partial charge >= 0.3 is 5.97 Å². The molecule has 0 fully saturated rings. The van der Waals surface area contributed by atoms with Gasteiger partial charge in [0, 0.05) is 30.3 Å². The Balaban J connectivity index is 1.72. The van der Waals surface area contributed by atoms with Gasteiger partial charge in [-0.15, -0.1) is 0 Å². The molecule has 1 amide bonds. The molecule has 1 aliphatic rings. The maximum absolute atomic E-state index is 14.0. The number of nitrogens with two attached hydrogens (primary N) is 1. The standard InChI is InChI=1S/C32H38FN3O6/c1-18-8-9-21(33)14-27(18)41-17-25-23(12-13-26-29(25)36(6)31(38)32(4,5)35-26)24-11-10-22(15-28(24)39-7)40-16-19(2)42-30(37)20(3)34/h8-15,19-20,35H,16-17,34H2,1-7H3/t19?,20-/m0/s1. The fraction of sp³-hybridized carbons (Fsp3) is 0.375. The number of aryl methyl sites for hydroxylation is 1. The SMILES string of the molecule is COc1cc(OCC(C)OC(=O)[C@H](C)N)ccc1-c1ccc2c(c1COc1cc(F)ccc1C)N(C)C(=O)C(C)(C)N2. The zero-order chi connectivity index (χ0) is 30.8. The number of benzene rings is 3. The van der Waals surface area contributed by atoms with Crippen LogP contribution in [-0.4, -0.2) is 50.3 Å². The Morgan fingerprint density at radius 2 is 1.76 bits per heavy atom. The van der Waals surface area contributed by atoms with Crippen LogP contribution < -0.4 is 30.2 Å². The second-order valence-electron chi connectivity index (χ2n) is 11.0. The van der Waals surface area contributed by atoms with Crippen molar-refractivity contribution < 1.29 is 32.9 Å². The summed E-state index contributed by atoms with van der Waals surface area (Å²) in [6.45, 7) is 8.97. The number of methoxy groups -OCH3 is 1. The molecule has 3 aromatic carbocycles. The van der Waals surface area contributed by atoms with Gasteiger partial charge in [0.15, 0.2) is 0 Å². The van der Waals surface area contributed by atoms with E-state index in [2.05, 4.69) is 5.32 Å². The van der Waals surface area contributed by atoms with Gasteiger partial charge in [0.25, 0.3) is 5.91 Å². The number of ether oxygens (including phenoxy) is 4. The molecule has 1 heterocycles. The average molecular weight is 580 g/mol. The Morgan fingerprint density at radius 3 is 2.45 bits per heavy atom. The number of halogens is 1. The van der Waals surface area contributed by atoms with Gasteiger partial charge in [-0.25, -0.2) is 4.39 Å². The molecule has 224 valence electrons. The summed E-state index contributed by atoms with van der Waals surface area (Å²) in [5.74, 6) is 0.433. The van der Waals surface area contributed by atoms with Crippen LogP contribution in [0.1, 0.15) is 38.8 Å². The molecule has 2 atom stereocenters. The number of amides is 1. The van der Waals surface area contributed by atoms with E-state index in [1.54, 1.807) is 51.1 Å². The zero-order valence-corrected chi connectivity index (χ0v) is 25.0. The summed E-state index contributed by atoms with van der Waals surface area (Å²) in [7, 11) is 3.29. The Morgan fingerprint density at radius 1 is 1.05 bits per heavy atom. The van der Waals surface area contributed by atoms with Gasteiger partial charge in [-0.2, -0.15) is 0 Å². The molecule has 0 saturated carbocycles. The summed E-state index contributed by atoms with van der Waals surface area (Å²) < 4.78 is 37.1. The zero-order valence-electron chi connectivity index (χ0n) is 25.0. The van der Waals surface area contributed by atoms with Gasteiger partial charge in [0.05, 0.1) is 18.5 Å². The van der Waals surface area contributed by atoms with Crippen LogP contribution in [0.15, 0.2) is 48.5 Å². The number of carbonyl (C=O) groups is 2. The van der Waals surface area contributed by atoms with Crippen molar-refractivity contribution in [1.82, 2.24) is 0 Å². The maximum atomic E-state index is 14.0. The van der Waals surface area contributed by atoms with Gasteiger partial charge in [-0.05, 0) is 70.0 Å². The van der Waals surface area contributed by atoms with Crippen molar-refractivity contribution in [3.8, 4) is 28.4 Å². The molecule has 0 bridgehead atoms. The van der Waals surface area contributed by atoms with Crippen LogP contribution in [0.5, 0.6) is 17.2 Å². The molecule has 3 N–H and O–H groups in total. The first-order chi connectivity index (χ1) is 19.8. The predicted octanol–water partition coefficient (Wildman–Crippen LogP) is 5.21. The van der Waals surface area contributed by atoms with Gasteiger partial charge < -0.3 is 34.9 Å². The molecule has 0 aliphatic carbocycles. The first-order valence-corrected chi connectivity index (χ1v) is 13.7. The Kier molecular flexibility index (Phi) is 8.96. The predicted molar refractivity (Wildman–Crippen MR) is 160 cm³/mol. The second kappa shape index (κ2) is 12.3. The number of nitrogens with zero attached hydrogens (tertiary/aromatic N) is 1. The van der Waals surface area contributed by atoms with E-state index in [0.29, 0.717) is 22.9 Å². The lowest BCUT2D eigenvalue weighted by molar-refractivity contribution is -0.150. The van der Waals surface area contributed by atoms with Crippen LogP contribution >= 0.6 is 0 Å². The highest BCUT2D eigenvalue weighted by Crippen LogP contribution is 2.45. The molecule has 1 unspecified atom stereocenters. The van der Waals surface area contributed by atoms with E-state index in [0.717, 1.165) is 27.9 Å². The van der Waals surface area contributed by atoms with Crippen molar-refractivity contribution in [1.29, 1.82) is 0 Å². The van der Waals surface area contributed by atoms with Crippen LogP contribution in [0.4, 0.5) is 15.8 Å². The molecule has 42 heavy (non-hydrogen) atoms. The minimum absolute atomic E-state index is 0.0619. The highest BCUT2D eigenvalue weighted by atomic mass is 19.1. The second-order valence-corrected chi connectivity index (χ2v) is 11.0. The van der Waals surface area contributed by atoms with Gasteiger partial charge in [-0.1, -0.05) is 12.1 Å². The fourth-order valence-electron chi connectivity index (χ4n) is 4.85. The molecule has 0 aromatic heterocycles. The summed E-state index contributed by atoms with van der Waals surface area (Å²) in [6.07, 6.45) is -0.505. The molecule has 10 heteroatoms. The normalized spacial score (nSPS) is 15.3. The number of esters is 1. The topological polar surface area (TPSA) is 112 Å². The van der Waals surface area contributed by atoms with Crippen molar-refractivity contribution in [2.75, 3.05) is 31.0 Å². The molecule has 0 spiro atoms. The van der Waals surface area contributed by atoms with Crippen LogP contribution in [0, 0.1) is 12.7 Å². The van der Waals surface area contributed by atoms with Crippen LogP contribution in [-0.2, 0) is 20.9 Å². The molecular formula is C32H38FN3O6. The summed E-state index contributed by atoms with van der Waals surface area (Å²) in [5.41, 5.74) is 9.22. The van der Waals surface area contributed by atoms with E-state index < -0.39 is 29.5 Å². The number of fused-ring (bicyclic) bond motifs is 1. The minimum Gasteiger partial charge on any atom is -0.496 e. The molecule has 0 radical (unpaired) electrons. The van der Waals surface area contributed by atoms with Gasteiger partial charge in [0.1, 0.15) is 54.0 Å². The largest absolute Gasteiger partial charge is 0.496 e. The summed E-state index contributed by atoms with van der Waals surface area (Å²) >= 11 is 0. The third-order valence-electron chi connectivity index (χ3n) is 7.06. The number of rotatable bonds is 10. The van der Waals surface area contributed by atoms with Crippen molar-refractivity contribution in [3.63, 3.8) is 0 Å². The Bertz CT molecular complexity index is 1490. The average Bonchev–Trinajstić information content (AvgIpc) is 2.94. The highest BCUT2D eigenvalue weighted by Gasteiger charge is 2.38. The van der Waals surface area contributed by atoms with E-state index in [9.17, 15) is 14.0 Å². The van der Waals surface area contributed by atoms with Gasteiger partial charge in [-0.3, -0.25) is 9.59 Å². The van der Waals surface area contributed by atoms with Crippen LogP contribution in [0.3, 0.4) is 0 Å². The van der Waals surface area contributed by atoms with E-state index >= 15 is 0 Å². The third-order valence-corrected chi connectivity index (χ3v) is 7.06. The van der Waals surface area contributed by atoms with Crippen molar-refractivity contribution in [2.24, 2.45) is 5.73 Å². The molecule has 9 nitrogen and oxygen atoms in total. The smallest absolute Gasteiger partial charge is 0.323 e. The Labute approximate surface area is 245 Å². The number of hydrogen-bond acceptors (Lipinski definition) is 8. The first kappa shape index (κ1) is 30.6. The number of carbonyl (C=O) groups excluding carboxylic acids is 2. The lowest BCUT2D eigenvalue weighted by Gasteiger charge is -2.39. The van der Waals surface area contributed by atoms with E-state index in [4.69, 9.17) is 24.7 Å². The molecule has 0 saturated heterocycles. The van der Waals surface area contributed by atoms with E-state index in [1.165, 1.54) is 12.1 Å². The number of nitrogens with one attached hydrogen (secondary N) is 1. The number of anilines is 2. The Hall–Kier alpha value is -4.31. The third kappa shape index (κ3) is 6.44. The van der Waals surface area contributed by atoms with E-state index in [1.807, 2.05) is 39.0 Å².